The molecule has 0 bridgehead atoms. The van der Waals surface area contributed by atoms with Gasteiger partial charge in [-0.2, -0.15) is 0 Å². The maximum absolute atomic E-state index is 11.2. The van der Waals surface area contributed by atoms with E-state index < -0.39 is 5.97 Å². The van der Waals surface area contributed by atoms with Crippen LogP contribution >= 0.6 is 0 Å². The van der Waals surface area contributed by atoms with Gasteiger partial charge in [0.2, 0.25) is 5.82 Å². The van der Waals surface area contributed by atoms with E-state index in [-0.39, 0.29) is 5.82 Å². The first-order valence-electron chi connectivity index (χ1n) is 9.23. The molecule has 0 aliphatic rings. The van der Waals surface area contributed by atoms with E-state index in [0.29, 0.717) is 5.92 Å². The highest BCUT2D eigenvalue weighted by Crippen LogP contribution is 2.24. The zero-order valence-corrected chi connectivity index (χ0v) is 15.5. The predicted molar refractivity (Wildman–Crippen MR) is 101 cm³/mol. The summed E-state index contributed by atoms with van der Waals surface area (Å²) in [6.07, 6.45) is 8.13. The Balaban J connectivity index is 2.30. The van der Waals surface area contributed by atoms with Gasteiger partial charge in [-0.05, 0) is 36.3 Å². The van der Waals surface area contributed by atoms with Gasteiger partial charge in [0.25, 0.3) is 0 Å². The summed E-state index contributed by atoms with van der Waals surface area (Å²) in [6.45, 7) is 6.63. The maximum Gasteiger partial charge on any atom is 0.373 e. The number of hydrogen-bond acceptors (Lipinski definition) is 3. The number of hydrogen-bond donors (Lipinski definition) is 1. The zero-order chi connectivity index (χ0) is 18.2. The number of aromatic carboxylic acids is 1. The largest absolute Gasteiger partial charge is 0.475 e. The molecule has 0 spiro atoms. The van der Waals surface area contributed by atoms with E-state index in [1.165, 1.54) is 5.56 Å². The third-order valence-corrected chi connectivity index (χ3v) is 4.61. The van der Waals surface area contributed by atoms with E-state index in [1.807, 2.05) is 0 Å². The molecule has 1 atom stereocenters. The van der Waals surface area contributed by atoms with Gasteiger partial charge >= 0.3 is 5.97 Å². The van der Waals surface area contributed by atoms with Crippen LogP contribution in [0.2, 0.25) is 0 Å². The lowest BCUT2D eigenvalue weighted by Crippen LogP contribution is -2.07. The van der Waals surface area contributed by atoms with Gasteiger partial charge in [0.1, 0.15) is 0 Å². The molecule has 1 aromatic carbocycles. The fourth-order valence-corrected chi connectivity index (χ4v) is 2.85. The Bertz CT molecular complexity index is 696. The number of aryl methyl sites for hydroxylation is 1. The fourth-order valence-electron chi connectivity index (χ4n) is 2.85. The van der Waals surface area contributed by atoms with Gasteiger partial charge in [-0.15, -0.1) is 0 Å². The van der Waals surface area contributed by atoms with Gasteiger partial charge in [-0.1, -0.05) is 64.3 Å². The van der Waals surface area contributed by atoms with Gasteiger partial charge in [-0.3, -0.25) is 0 Å². The lowest BCUT2D eigenvalue weighted by atomic mass is 9.96. The predicted octanol–water partition coefficient (Wildman–Crippen LogP) is 5.16. The molecule has 25 heavy (non-hydrogen) atoms. The van der Waals surface area contributed by atoms with Crippen molar-refractivity contribution >= 4 is 5.97 Å². The van der Waals surface area contributed by atoms with E-state index in [1.54, 1.807) is 6.20 Å². The van der Waals surface area contributed by atoms with Crippen molar-refractivity contribution < 1.29 is 9.90 Å². The number of unbranched alkanes of at least 4 members (excludes halogenated alkanes) is 2. The van der Waals surface area contributed by atoms with Crippen LogP contribution in [-0.2, 0) is 12.8 Å². The van der Waals surface area contributed by atoms with Crippen molar-refractivity contribution in [3.8, 4) is 11.3 Å². The first kappa shape index (κ1) is 19.1. The van der Waals surface area contributed by atoms with Crippen molar-refractivity contribution in [2.45, 2.75) is 59.3 Å². The van der Waals surface area contributed by atoms with Gasteiger partial charge in [0, 0.05) is 11.8 Å². The maximum atomic E-state index is 11.2. The summed E-state index contributed by atoms with van der Waals surface area (Å²) in [5.74, 6) is -0.569. The quantitative estimate of drug-likeness (QED) is 0.640. The Morgan fingerprint density at radius 1 is 1.16 bits per heavy atom. The molecule has 0 saturated carbocycles. The van der Waals surface area contributed by atoms with Gasteiger partial charge < -0.3 is 5.11 Å². The van der Waals surface area contributed by atoms with Crippen molar-refractivity contribution in [3.05, 3.63) is 47.4 Å². The zero-order valence-electron chi connectivity index (χ0n) is 15.5. The number of carbonyl (C=O) groups is 1. The Kier molecular flexibility index (Phi) is 7.11. The second-order valence-electron chi connectivity index (χ2n) is 6.74. The van der Waals surface area contributed by atoms with Crippen molar-refractivity contribution in [2.24, 2.45) is 5.92 Å². The molecule has 1 aromatic heterocycles. The lowest BCUT2D eigenvalue weighted by molar-refractivity contribution is 0.0683. The Morgan fingerprint density at radius 2 is 1.88 bits per heavy atom. The van der Waals surface area contributed by atoms with E-state index >= 15 is 0 Å². The van der Waals surface area contributed by atoms with Crippen molar-refractivity contribution in [1.29, 1.82) is 0 Å². The van der Waals surface area contributed by atoms with Crippen LogP contribution in [0.1, 0.15) is 68.2 Å². The Hall–Kier alpha value is -2.23. The first-order valence-corrected chi connectivity index (χ1v) is 9.23. The molecule has 1 N–H and O–H groups in total. The third kappa shape index (κ3) is 5.38. The third-order valence-electron chi connectivity index (χ3n) is 4.61. The minimum absolute atomic E-state index is 0.141. The molecule has 0 radical (unpaired) electrons. The molecule has 1 heterocycles. The van der Waals surface area contributed by atoms with Crippen LogP contribution in [0.15, 0.2) is 30.5 Å². The first-order chi connectivity index (χ1) is 12.0. The molecule has 0 amide bonds. The molecular formula is C21H28N2O2. The lowest BCUT2D eigenvalue weighted by Gasteiger charge is -2.11. The second kappa shape index (κ2) is 9.30. The van der Waals surface area contributed by atoms with Gasteiger partial charge in [0.15, 0.2) is 0 Å². The molecule has 134 valence electrons. The molecule has 4 heteroatoms. The molecule has 0 aliphatic carbocycles. The molecule has 2 rings (SSSR count). The van der Waals surface area contributed by atoms with Crippen LogP contribution in [0.25, 0.3) is 11.3 Å². The summed E-state index contributed by atoms with van der Waals surface area (Å²) in [6, 6.07) is 8.35. The van der Waals surface area contributed by atoms with Crippen LogP contribution in [0, 0.1) is 5.92 Å². The highest BCUT2D eigenvalue weighted by molar-refractivity contribution is 5.84. The normalized spacial score (nSPS) is 12.1. The number of nitrogens with zero attached hydrogens (tertiary/aromatic N) is 2. The number of aromatic nitrogens is 2. The topological polar surface area (TPSA) is 63.1 Å². The molecule has 0 saturated heterocycles. The standard InChI is InChI=1S/C21H28N2O2/c1-4-6-7-8-18-14-22-20(21(24)25)23-19(18)17-11-9-16(10-12-17)13-15(3)5-2/h9-12,14-15H,4-8,13H2,1-3H3,(H,24,25)/t15-/m0/s1. The summed E-state index contributed by atoms with van der Waals surface area (Å²) in [7, 11) is 0. The summed E-state index contributed by atoms with van der Waals surface area (Å²) in [5.41, 5.74) is 4.04. The summed E-state index contributed by atoms with van der Waals surface area (Å²) >= 11 is 0. The molecule has 2 aromatic rings. The minimum Gasteiger partial charge on any atom is -0.475 e. The Labute approximate surface area is 150 Å². The van der Waals surface area contributed by atoms with Crippen LogP contribution in [0.4, 0.5) is 0 Å². The van der Waals surface area contributed by atoms with E-state index in [9.17, 15) is 9.90 Å². The van der Waals surface area contributed by atoms with E-state index in [2.05, 4.69) is 55.0 Å². The van der Waals surface area contributed by atoms with Gasteiger partial charge in [-0.25, -0.2) is 14.8 Å². The smallest absolute Gasteiger partial charge is 0.373 e. The molecule has 0 unspecified atom stereocenters. The van der Waals surface area contributed by atoms with Crippen LogP contribution < -0.4 is 0 Å². The average molecular weight is 340 g/mol. The highest BCUT2D eigenvalue weighted by Gasteiger charge is 2.14. The van der Waals surface area contributed by atoms with E-state index in [4.69, 9.17) is 0 Å². The highest BCUT2D eigenvalue weighted by atomic mass is 16.4. The second-order valence-corrected chi connectivity index (χ2v) is 6.74. The van der Waals surface area contributed by atoms with Crippen LogP contribution in [0.3, 0.4) is 0 Å². The molecule has 0 fully saturated rings. The van der Waals surface area contributed by atoms with Crippen LogP contribution in [0.5, 0.6) is 0 Å². The summed E-state index contributed by atoms with van der Waals surface area (Å²) in [5, 5.41) is 9.21. The number of benzene rings is 1. The van der Waals surface area contributed by atoms with Gasteiger partial charge in [0.05, 0.1) is 5.69 Å². The Morgan fingerprint density at radius 3 is 2.48 bits per heavy atom. The van der Waals surface area contributed by atoms with Crippen LogP contribution in [-0.4, -0.2) is 21.0 Å². The molecular weight excluding hydrogens is 312 g/mol. The number of rotatable bonds is 9. The monoisotopic (exact) mass is 340 g/mol. The van der Waals surface area contributed by atoms with Crippen molar-refractivity contribution in [1.82, 2.24) is 9.97 Å². The summed E-state index contributed by atoms with van der Waals surface area (Å²) in [4.78, 5) is 19.6. The van der Waals surface area contributed by atoms with Crippen molar-refractivity contribution in [3.63, 3.8) is 0 Å². The average Bonchev–Trinajstić information content (AvgIpc) is 2.62. The SMILES string of the molecule is CCCCCc1cnc(C(=O)O)nc1-c1ccc(C[C@@H](C)CC)cc1. The molecule has 4 nitrogen and oxygen atoms in total. The summed E-state index contributed by atoms with van der Waals surface area (Å²) < 4.78 is 0. The minimum atomic E-state index is -1.09. The van der Waals surface area contributed by atoms with Crippen molar-refractivity contribution in [2.75, 3.05) is 0 Å². The number of carboxylic acids is 1. The fraction of sp³-hybridized carbons (Fsp3) is 0.476. The van der Waals surface area contributed by atoms with E-state index in [0.717, 1.165) is 55.3 Å². The number of carboxylic acid groups (broad SMARTS) is 1. The molecule has 0 aliphatic heterocycles.